The van der Waals surface area contributed by atoms with Gasteiger partial charge in [0.25, 0.3) is 11.8 Å². The van der Waals surface area contributed by atoms with Gasteiger partial charge < -0.3 is 19.2 Å². The van der Waals surface area contributed by atoms with E-state index in [0.717, 1.165) is 29.5 Å². The van der Waals surface area contributed by atoms with E-state index in [1.807, 2.05) is 66.7 Å². The summed E-state index contributed by atoms with van der Waals surface area (Å²) in [4.78, 5) is 72.6. The normalized spacial score (nSPS) is 22.8. The molecule has 2 aliphatic heterocycles. The van der Waals surface area contributed by atoms with Crippen molar-refractivity contribution in [2.24, 2.45) is 23.7 Å². The Morgan fingerprint density at radius 1 is 0.608 bits per heavy atom. The third-order valence-electron chi connectivity index (χ3n) is 10.6. The van der Waals surface area contributed by atoms with Crippen LogP contribution in [0.15, 0.2) is 103 Å². The van der Waals surface area contributed by atoms with Crippen molar-refractivity contribution >= 4 is 29.8 Å². The molecule has 4 unspecified atom stereocenters. The van der Waals surface area contributed by atoms with Crippen molar-refractivity contribution in [3.63, 3.8) is 0 Å². The van der Waals surface area contributed by atoms with Gasteiger partial charge >= 0.3 is 18.0 Å². The quantitative estimate of drug-likeness (QED) is 0.0925. The number of hydrogen-bond donors (Lipinski definition) is 0. The largest absolute Gasteiger partial charge is 0.462 e. The van der Waals surface area contributed by atoms with Crippen LogP contribution in [0.1, 0.15) is 42.4 Å². The fraction of sp³-hybridized carbons (Fsp3) is 0.375. The summed E-state index contributed by atoms with van der Waals surface area (Å²) < 4.78 is 10.6. The molecule has 11 heteroatoms. The topological polar surface area (TPSA) is 123 Å². The number of hydroxylamine groups is 2. The van der Waals surface area contributed by atoms with Gasteiger partial charge in [-0.15, -0.1) is 5.06 Å². The molecule has 0 aromatic heterocycles. The molecule has 1 saturated carbocycles. The van der Waals surface area contributed by atoms with Crippen molar-refractivity contribution in [2.75, 3.05) is 39.4 Å². The van der Waals surface area contributed by atoms with Gasteiger partial charge in [0, 0.05) is 26.2 Å². The summed E-state index contributed by atoms with van der Waals surface area (Å²) in [6.07, 6.45) is 4.46. The van der Waals surface area contributed by atoms with Gasteiger partial charge in [-0.25, -0.2) is 9.59 Å². The average molecular weight is 692 g/mol. The number of benzene rings is 3. The van der Waals surface area contributed by atoms with E-state index >= 15 is 0 Å². The summed E-state index contributed by atoms with van der Waals surface area (Å²) in [5.74, 6) is -3.56. The molecular formula is C40H41N3O8. The molecule has 3 amide bonds. The summed E-state index contributed by atoms with van der Waals surface area (Å²) in [6.45, 7) is 1.74. The number of fused-ring (bicyclic) bond motifs is 1. The van der Waals surface area contributed by atoms with Crippen molar-refractivity contribution in [3.05, 3.63) is 120 Å². The first-order chi connectivity index (χ1) is 24.9. The smallest absolute Gasteiger partial charge is 0.409 e. The number of carbonyl (C=O) groups excluding carboxylic acids is 5. The molecule has 11 nitrogen and oxygen atoms in total. The van der Waals surface area contributed by atoms with Gasteiger partial charge in [-0.2, -0.15) is 0 Å². The van der Waals surface area contributed by atoms with Crippen LogP contribution < -0.4 is 0 Å². The number of hydrogen-bond acceptors (Lipinski definition) is 9. The highest BCUT2D eigenvalue weighted by Crippen LogP contribution is 2.49. The summed E-state index contributed by atoms with van der Waals surface area (Å²) >= 11 is 0. The molecule has 0 N–H and O–H groups in total. The minimum atomic E-state index is -0.867. The Hall–Kier alpha value is -5.29. The second-order valence-electron chi connectivity index (χ2n) is 13.4. The Morgan fingerprint density at radius 2 is 1.06 bits per heavy atom. The van der Waals surface area contributed by atoms with Crippen LogP contribution in [0.3, 0.4) is 0 Å². The van der Waals surface area contributed by atoms with Crippen LogP contribution in [-0.4, -0.2) is 84.1 Å². The maximum Gasteiger partial charge on any atom is 0.409 e. The molecule has 0 radical (unpaired) electrons. The fourth-order valence-electron chi connectivity index (χ4n) is 8.25. The molecule has 2 bridgehead atoms. The highest BCUT2D eigenvalue weighted by Gasteiger charge is 2.58. The zero-order valence-electron chi connectivity index (χ0n) is 28.3. The second kappa shape index (κ2) is 14.9. The number of nitrogens with zero attached hydrogens (tertiary/aromatic N) is 3. The number of ether oxygens (including phenoxy) is 2. The van der Waals surface area contributed by atoms with Crippen LogP contribution in [0.25, 0.3) is 0 Å². The number of amides is 3. The van der Waals surface area contributed by atoms with E-state index in [0.29, 0.717) is 31.2 Å². The molecule has 4 atom stereocenters. The van der Waals surface area contributed by atoms with Crippen LogP contribution in [0, 0.1) is 23.7 Å². The molecule has 264 valence electrons. The zero-order valence-corrected chi connectivity index (χ0v) is 28.3. The average Bonchev–Trinajstić information content (AvgIpc) is 3.45. The number of imide groups is 1. The second-order valence-corrected chi connectivity index (χ2v) is 13.4. The zero-order chi connectivity index (χ0) is 35.4. The van der Waals surface area contributed by atoms with Crippen molar-refractivity contribution in [1.82, 2.24) is 14.9 Å². The molecule has 8 rings (SSSR count). The Bertz CT molecular complexity index is 1650. The molecule has 0 spiro atoms. The lowest BCUT2D eigenvalue weighted by molar-refractivity contribution is -0.199. The predicted octanol–water partition coefficient (Wildman–Crippen LogP) is 4.71. The third kappa shape index (κ3) is 6.65. The van der Waals surface area contributed by atoms with Gasteiger partial charge in [0.1, 0.15) is 13.2 Å². The van der Waals surface area contributed by atoms with Crippen LogP contribution in [0.5, 0.6) is 0 Å². The summed E-state index contributed by atoms with van der Waals surface area (Å²) in [5.41, 5.74) is 2.82. The molecule has 2 saturated heterocycles. The summed E-state index contributed by atoms with van der Waals surface area (Å²) in [7, 11) is 0. The van der Waals surface area contributed by atoms with E-state index in [9.17, 15) is 24.0 Å². The van der Waals surface area contributed by atoms with E-state index in [-0.39, 0.29) is 37.9 Å². The minimum absolute atomic E-state index is 0.0211. The van der Waals surface area contributed by atoms with Gasteiger partial charge in [0.05, 0.1) is 30.2 Å². The van der Waals surface area contributed by atoms with Crippen LogP contribution >= 0.6 is 0 Å². The summed E-state index contributed by atoms with van der Waals surface area (Å²) in [5, 5.41) is 0.589. The minimum Gasteiger partial charge on any atom is -0.462 e. The Morgan fingerprint density at radius 3 is 1.53 bits per heavy atom. The molecule has 3 aromatic carbocycles. The van der Waals surface area contributed by atoms with Crippen LogP contribution in [0.4, 0.5) is 4.79 Å². The van der Waals surface area contributed by atoms with Crippen LogP contribution in [-0.2, 0) is 39.0 Å². The Balaban J connectivity index is 0.875. The molecule has 3 fully saturated rings. The van der Waals surface area contributed by atoms with Gasteiger partial charge in [0.15, 0.2) is 0 Å². The highest BCUT2D eigenvalue weighted by atomic mass is 16.7. The monoisotopic (exact) mass is 691 g/mol. The van der Waals surface area contributed by atoms with E-state index in [4.69, 9.17) is 14.3 Å². The molecule has 5 aliphatic rings. The standard InChI is InChI=1S/C40H41N3O8/c44-33(20-21-34(45)51-43-37(46)35-28-16-17-29(19-18-28)36(35)38(43)47)49-26-27-50-39(48)41-22-24-42(25-23-41)40(30-10-4-1-5-11-30,31-12-6-2-7-13-31)32-14-8-3-9-15-32/h1-17,28-29,35-36H,18-27H2. The Labute approximate surface area is 296 Å². The first kappa shape index (κ1) is 34.2. The number of piperazine rings is 1. The van der Waals surface area contributed by atoms with E-state index in [2.05, 4.69) is 41.3 Å². The molecule has 3 aromatic rings. The Kier molecular flexibility index (Phi) is 9.99. The lowest BCUT2D eigenvalue weighted by Gasteiger charge is -2.48. The highest BCUT2D eigenvalue weighted by molar-refractivity contribution is 6.05. The molecular weight excluding hydrogens is 650 g/mol. The molecule has 3 aliphatic carbocycles. The van der Waals surface area contributed by atoms with E-state index < -0.39 is 47.2 Å². The van der Waals surface area contributed by atoms with Gasteiger partial charge in [-0.3, -0.25) is 19.3 Å². The number of carbonyl (C=O) groups is 5. The number of allylic oxidation sites excluding steroid dienone is 2. The SMILES string of the molecule is O=C(CCC(=O)ON1C(=O)C2C3C=CC(CC3)C2C1=O)OCCOC(=O)N1CCN(C(c2ccccc2)(c2ccccc2)c2ccccc2)CC1. The van der Waals surface area contributed by atoms with Crippen LogP contribution in [0.2, 0.25) is 0 Å². The molecule has 51 heavy (non-hydrogen) atoms. The first-order valence-corrected chi connectivity index (χ1v) is 17.6. The summed E-state index contributed by atoms with van der Waals surface area (Å²) in [6, 6.07) is 31.2. The molecule has 2 heterocycles. The maximum atomic E-state index is 13.0. The maximum absolute atomic E-state index is 13.0. The van der Waals surface area contributed by atoms with E-state index in [1.54, 1.807) is 4.90 Å². The van der Waals surface area contributed by atoms with Gasteiger partial charge in [-0.1, -0.05) is 103 Å². The fourth-order valence-corrected chi connectivity index (χ4v) is 8.25. The lowest BCUT2D eigenvalue weighted by Crippen LogP contribution is -2.57. The lowest BCUT2D eigenvalue weighted by atomic mass is 9.63. The number of rotatable bonds is 11. The third-order valence-corrected chi connectivity index (χ3v) is 10.6. The number of esters is 1. The predicted molar refractivity (Wildman–Crippen MR) is 184 cm³/mol. The first-order valence-electron chi connectivity index (χ1n) is 17.6. The van der Waals surface area contributed by atoms with Crippen molar-refractivity contribution in [1.29, 1.82) is 0 Å². The van der Waals surface area contributed by atoms with Gasteiger partial charge in [-0.05, 0) is 41.4 Å². The van der Waals surface area contributed by atoms with Crippen molar-refractivity contribution in [2.45, 2.75) is 31.2 Å². The van der Waals surface area contributed by atoms with E-state index in [1.165, 1.54) is 0 Å². The van der Waals surface area contributed by atoms with Crippen molar-refractivity contribution < 1.29 is 38.3 Å². The van der Waals surface area contributed by atoms with Gasteiger partial charge in [0.2, 0.25) is 0 Å². The van der Waals surface area contributed by atoms with Crippen molar-refractivity contribution in [3.8, 4) is 0 Å².